The van der Waals surface area contributed by atoms with E-state index in [4.69, 9.17) is 0 Å². The monoisotopic (exact) mass is 360 g/mol. The van der Waals surface area contributed by atoms with Gasteiger partial charge in [-0.25, -0.2) is 4.68 Å². The molecule has 3 aromatic rings. The third-order valence-electron chi connectivity index (χ3n) is 7.16. The maximum absolute atomic E-state index is 13.3. The highest BCUT2D eigenvalue weighted by molar-refractivity contribution is 5.88. The Morgan fingerprint density at radius 2 is 1.81 bits per heavy atom. The average Bonchev–Trinajstić information content (AvgIpc) is 2.77. The third kappa shape index (κ3) is 1.89. The summed E-state index contributed by atoms with van der Waals surface area (Å²) in [6.07, 6.45) is 6.56. The average molecular weight is 360 g/mol. The molecule has 1 saturated heterocycles. The van der Waals surface area contributed by atoms with Gasteiger partial charge in [0.15, 0.2) is 0 Å². The normalized spacial score (nSPS) is 25.9. The number of anilines is 1. The van der Waals surface area contributed by atoms with Crippen LogP contribution in [0.25, 0.3) is 16.5 Å². The molecule has 3 saturated carbocycles. The van der Waals surface area contributed by atoms with Crippen LogP contribution in [0.15, 0.2) is 35.3 Å². The van der Waals surface area contributed by atoms with Crippen molar-refractivity contribution in [2.75, 3.05) is 18.0 Å². The highest BCUT2D eigenvalue weighted by Crippen LogP contribution is 2.61. The maximum Gasteiger partial charge on any atom is 0.277 e. The summed E-state index contributed by atoms with van der Waals surface area (Å²) in [6, 6.07) is 8.67. The van der Waals surface area contributed by atoms with E-state index in [-0.39, 0.29) is 11.1 Å². The van der Waals surface area contributed by atoms with E-state index in [0.29, 0.717) is 0 Å². The summed E-state index contributed by atoms with van der Waals surface area (Å²) in [6.45, 7) is 6.43. The lowest BCUT2D eigenvalue weighted by Crippen LogP contribution is -2.62. The van der Waals surface area contributed by atoms with E-state index in [9.17, 15) is 4.79 Å². The fourth-order valence-corrected chi connectivity index (χ4v) is 5.38. The van der Waals surface area contributed by atoms with E-state index in [1.54, 1.807) is 4.68 Å². The van der Waals surface area contributed by atoms with E-state index in [0.717, 1.165) is 66.1 Å². The summed E-state index contributed by atoms with van der Waals surface area (Å²) in [5, 5.41) is 6.41. The van der Waals surface area contributed by atoms with Crippen LogP contribution in [0.4, 0.5) is 5.69 Å². The predicted octanol–water partition coefficient (Wildman–Crippen LogP) is 3.52. The van der Waals surface area contributed by atoms with E-state index in [1.807, 2.05) is 6.20 Å². The number of rotatable bonds is 3. The van der Waals surface area contributed by atoms with Crippen LogP contribution in [-0.4, -0.2) is 27.4 Å². The van der Waals surface area contributed by atoms with E-state index in [1.165, 1.54) is 12.1 Å². The van der Waals surface area contributed by atoms with Crippen molar-refractivity contribution in [1.29, 1.82) is 0 Å². The van der Waals surface area contributed by atoms with Crippen LogP contribution in [-0.2, 0) is 5.54 Å². The summed E-state index contributed by atoms with van der Waals surface area (Å²) < 4.78 is 4.02. The minimum Gasteiger partial charge on any atom is -0.371 e. The van der Waals surface area contributed by atoms with Gasteiger partial charge in [0.25, 0.3) is 5.56 Å². The molecule has 5 heteroatoms. The second-order valence-electron chi connectivity index (χ2n) is 8.72. The Kier molecular flexibility index (Phi) is 2.89. The second kappa shape index (κ2) is 5.03. The van der Waals surface area contributed by atoms with Crippen LogP contribution in [0, 0.1) is 19.8 Å². The summed E-state index contributed by atoms with van der Waals surface area (Å²) in [4.78, 5) is 15.7. The van der Waals surface area contributed by atoms with Crippen molar-refractivity contribution in [3.05, 3.63) is 52.2 Å². The van der Waals surface area contributed by atoms with Crippen LogP contribution < -0.4 is 10.5 Å². The van der Waals surface area contributed by atoms with Crippen LogP contribution in [0.3, 0.4) is 0 Å². The Hall–Kier alpha value is -2.56. The Morgan fingerprint density at radius 3 is 2.44 bits per heavy atom. The van der Waals surface area contributed by atoms with Crippen molar-refractivity contribution >= 4 is 16.5 Å². The van der Waals surface area contributed by atoms with Gasteiger partial charge in [0, 0.05) is 41.2 Å². The molecule has 1 aromatic carbocycles. The molecule has 3 aliphatic carbocycles. The SMILES string of the molecule is Cc1c2cnn(C34CC(C3)C4)c(=O)c2c(C)n1-c1cccc(N2CCC2)c1. The fourth-order valence-electron chi connectivity index (χ4n) is 5.38. The van der Waals surface area contributed by atoms with E-state index in [2.05, 4.69) is 52.7 Å². The summed E-state index contributed by atoms with van der Waals surface area (Å²) >= 11 is 0. The molecule has 0 amide bonds. The highest BCUT2D eigenvalue weighted by atomic mass is 16.1. The van der Waals surface area contributed by atoms with E-state index >= 15 is 0 Å². The topological polar surface area (TPSA) is 43.1 Å². The standard InChI is InChI=1S/C22H24N4O/c1-14-19-13-23-26(22-10-16(11-22)12-22)21(27)20(19)15(2)25(14)18-6-3-5-17(9-18)24-7-4-8-24/h3,5-6,9,13,16H,4,7-8,10-12H2,1-2H3. The molecule has 5 nitrogen and oxygen atoms in total. The molecule has 0 unspecified atom stereocenters. The van der Waals surface area contributed by atoms with Gasteiger partial charge in [-0.2, -0.15) is 5.10 Å². The first-order valence-electron chi connectivity index (χ1n) is 10.0. The molecule has 0 N–H and O–H groups in total. The highest BCUT2D eigenvalue weighted by Gasteiger charge is 2.59. The lowest BCUT2D eigenvalue weighted by Gasteiger charge is -2.61. The molecule has 27 heavy (non-hydrogen) atoms. The van der Waals surface area contributed by atoms with Crippen molar-refractivity contribution in [1.82, 2.24) is 14.3 Å². The maximum atomic E-state index is 13.3. The molecule has 3 heterocycles. The minimum absolute atomic E-state index is 0.0236. The van der Waals surface area contributed by atoms with Gasteiger partial charge in [-0.3, -0.25) is 4.79 Å². The fraction of sp³-hybridized carbons (Fsp3) is 0.455. The molecular formula is C22H24N4O. The third-order valence-corrected chi connectivity index (χ3v) is 7.16. The van der Waals surface area contributed by atoms with Crippen molar-refractivity contribution in [2.45, 2.75) is 45.1 Å². The lowest BCUT2D eigenvalue weighted by molar-refractivity contribution is -0.101. The zero-order chi connectivity index (χ0) is 18.3. The zero-order valence-electron chi connectivity index (χ0n) is 15.9. The van der Waals surface area contributed by atoms with Crippen molar-refractivity contribution < 1.29 is 0 Å². The number of fused-ring (bicyclic) bond motifs is 1. The predicted molar refractivity (Wildman–Crippen MR) is 107 cm³/mol. The van der Waals surface area contributed by atoms with Gasteiger partial charge in [0.05, 0.1) is 17.1 Å². The molecule has 0 spiro atoms. The Labute approximate surface area is 158 Å². The largest absolute Gasteiger partial charge is 0.371 e. The first-order valence-corrected chi connectivity index (χ1v) is 10.0. The summed E-state index contributed by atoms with van der Waals surface area (Å²) in [5.41, 5.74) is 4.62. The van der Waals surface area contributed by atoms with Crippen molar-refractivity contribution in [3.63, 3.8) is 0 Å². The lowest BCUT2D eigenvalue weighted by atomic mass is 9.50. The molecule has 4 fully saturated rings. The van der Waals surface area contributed by atoms with Crippen LogP contribution in [0.1, 0.15) is 37.1 Å². The molecule has 138 valence electrons. The van der Waals surface area contributed by atoms with Gasteiger partial charge >= 0.3 is 0 Å². The number of aryl methyl sites for hydroxylation is 2. The molecule has 4 aliphatic rings. The molecular weight excluding hydrogens is 336 g/mol. The number of hydrogen-bond donors (Lipinski definition) is 0. The first-order chi connectivity index (χ1) is 13.1. The quantitative estimate of drug-likeness (QED) is 0.718. The molecule has 2 bridgehead atoms. The van der Waals surface area contributed by atoms with Gasteiger partial charge in [-0.1, -0.05) is 6.07 Å². The summed E-state index contributed by atoms with van der Waals surface area (Å²) in [7, 11) is 0. The smallest absolute Gasteiger partial charge is 0.277 e. The van der Waals surface area contributed by atoms with E-state index < -0.39 is 0 Å². The number of aromatic nitrogens is 3. The van der Waals surface area contributed by atoms with Crippen LogP contribution in [0.5, 0.6) is 0 Å². The Morgan fingerprint density at radius 1 is 1.07 bits per heavy atom. The van der Waals surface area contributed by atoms with Crippen LogP contribution in [0.2, 0.25) is 0 Å². The molecule has 7 rings (SSSR count). The number of nitrogens with zero attached hydrogens (tertiary/aromatic N) is 4. The van der Waals surface area contributed by atoms with Crippen LogP contribution >= 0.6 is 0 Å². The van der Waals surface area contributed by atoms with Crippen molar-refractivity contribution in [2.24, 2.45) is 5.92 Å². The van der Waals surface area contributed by atoms with Crippen molar-refractivity contribution in [3.8, 4) is 5.69 Å². The first kappa shape index (κ1) is 15.5. The number of benzene rings is 1. The molecule has 0 radical (unpaired) electrons. The minimum atomic E-state index is 0.0236. The van der Waals surface area contributed by atoms with Gasteiger partial charge in [-0.05, 0) is 63.6 Å². The zero-order valence-corrected chi connectivity index (χ0v) is 15.9. The summed E-state index contributed by atoms with van der Waals surface area (Å²) in [5.74, 6) is 0.825. The van der Waals surface area contributed by atoms with Gasteiger partial charge in [-0.15, -0.1) is 0 Å². The number of hydrogen-bond acceptors (Lipinski definition) is 3. The Bertz CT molecular complexity index is 1130. The van der Waals surface area contributed by atoms with Gasteiger partial charge in [0.2, 0.25) is 0 Å². The molecule has 0 atom stereocenters. The Balaban J connectivity index is 1.54. The molecule has 1 aliphatic heterocycles. The second-order valence-corrected chi connectivity index (χ2v) is 8.72. The van der Waals surface area contributed by atoms with Gasteiger partial charge in [0.1, 0.15) is 0 Å². The molecule has 2 aromatic heterocycles. The van der Waals surface area contributed by atoms with Gasteiger partial charge < -0.3 is 9.47 Å².